The SMILES string of the molecule is CS(=O)(=O)c1cc(N2CCN(Cc3nc(-c4ccccc4)co3)CC2)ccc1[N+](=O)[O-]. The molecule has 1 fully saturated rings. The Balaban J connectivity index is 1.41. The number of hydrogen-bond donors (Lipinski definition) is 0. The largest absolute Gasteiger partial charge is 0.447 e. The number of nitrogens with zero attached hydrogens (tertiary/aromatic N) is 4. The van der Waals surface area contributed by atoms with Crippen LogP contribution in [-0.2, 0) is 16.4 Å². The summed E-state index contributed by atoms with van der Waals surface area (Å²) in [6.45, 7) is 3.36. The van der Waals surface area contributed by atoms with Crippen molar-refractivity contribution in [2.24, 2.45) is 0 Å². The Kier molecular flexibility index (Phi) is 5.75. The number of benzene rings is 2. The molecule has 1 aliphatic heterocycles. The highest BCUT2D eigenvalue weighted by molar-refractivity contribution is 7.90. The molecule has 9 nitrogen and oxygen atoms in total. The fourth-order valence-electron chi connectivity index (χ4n) is 3.63. The van der Waals surface area contributed by atoms with Crippen molar-refractivity contribution in [2.45, 2.75) is 11.4 Å². The number of aromatic nitrogens is 1. The van der Waals surface area contributed by atoms with E-state index in [1.807, 2.05) is 35.2 Å². The molecule has 3 aromatic rings. The van der Waals surface area contributed by atoms with E-state index in [4.69, 9.17) is 4.42 Å². The summed E-state index contributed by atoms with van der Waals surface area (Å²) in [7, 11) is -3.71. The number of oxazole rings is 1. The number of hydrogen-bond acceptors (Lipinski definition) is 8. The molecule has 1 saturated heterocycles. The van der Waals surface area contributed by atoms with Gasteiger partial charge in [-0.2, -0.15) is 0 Å². The van der Waals surface area contributed by atoms with Crippen LogP contribution in [0.25, 0.3) is 11.3 Å². The predicted octanol–water partition coefficient (Wildman–Crippen LogP) is 2.98. The Morgan fingerprint density at radius 1 is 1.10 bits per heavy atom. The van der Waals surface area contributed by atoms with Crippen molar-refractivity contribution < 1.29 is 17.8 Å². The van der Waals surface area contributed by atoms with Crippen molar-refractivity contribution in [3.8, 4) is 11.3 Å². The maximum Gasteiger partial charge on any atom is 0.288 e. The standard InChI is InChI=1S/C21H22N4O5S/c1-31(28,29)20-13-17(7-8-19(20)25(26)27)24-11-9-23(10-12-24)14-21-22-18(15-30-21)16-5-3-2-4-6-16/h2-8,13,15H,9-12,14H2,1H3. The molecule has 0 amide bonds. The number of sulfone groups is 1. The molecule has 0 unspecified atom stereocenters. The van der Waals surface area contributed by atoms with Gasteiger partial charge >= 0.3 is 0 Å². The Morgan fingerprint density at radius 3 is 2.45 bits per heavy atom. The second-order valence-electron chi connectivity index (χ2n) is 7.44. The van der Waals surface area contributed by atoms with Crippen LogP contribution < -0.4 is 4.90 Å². The summed E-state index contributed by atoms with van der Waals surface area (Å²) < 4.78 is 29.6. The van der Waals surface area contributed by atoms with Crippen LogP contribution >= 0.6 is 0 Å². The fourth-order valence-corrected chi connectivity index (χ4v) is 4.49. The minimum Gasteiger partial charge on any atom is -0.447 e. The third-order valence-electron chi connectivity index (χ3n) is 5.26. The molecule has 0 saturated carbocycles. The Hall–Kier alpha value is -3.24. The fraction of sp³-hybridized carbons (Fsp3) is 0.286. The molecular weight excluding hydrogens is 420 g/mol. The molecule has 4 rings (SSSR count). The average molecular weight is 442 g/mol. The van der Waals surface area contributed by atoms with Crippen molar-refractivity contribution in [1.29, 1.82) is 0 Å². The topological polar surface area (TPSA) is 110 Å². The first-order valence-electron chi connectivity index (χ1n) is 9.77. The number of piperazine rings is 1. The van der Waals surface area contributed by atoms with E-state index in [0.29, 0.717) is 31.2 Å². The molecule has 10 heteroatoms. The van der Waals surface area contributed by atoms with Crippen molar-refractivity contribution in [1.82, 2.24) is 9.88 Å². The van der Waals surface area contributed by atoms with Gasteiger partial charge in [0.15, 0.2) is 9.84 Å². The van der Waals surface area contributed by atoms with Gasteiger partial charge in [0.05, 0.1) is 11.5 Å². The maximum absolute atomic E-state index is 12.0. The monoisotopic (exact) mass is 442 g/mol. The van der Waals surface area contributed by atoms with Gasteiger partial charge in [0.25, 0.3) is 5.69 Å². The van der Waals surface area contributed by atoms with E-state index in [1.165, 1.54) is 12.1 Å². The third-order valence-corrected chi connectivity index (χ3v) is 6.38. The zero-order chi connectivity index (χ0) is 22.0. The molecule has 2 aromatic carbocycles. The van der Waals surface area contributed by atoms with Gasteiger partial charge in [0, 0.05) is 49.8 Å². The van der Waals surface area contributed by atoms with Gasteiger partial charge in [0.1, 0.15) is 16.9 Å². The van der Waals surface area contributed by atoms with Crippen LogP contribution in [0.3, 0.4) is 0 Å². The molecule has 0 bridgehead atoms. The first-order valence-corrected chi connectivity index (χ1v) is 11.7. The van der Waals surface area contributed by atoms with E-state index < -0.39 is 20.4 Å². The highest BCUT2D eigenvalue weighted by Crippen LogP contribution is 2.29. The summed E-state index contributed by atoms with van der Waals surface area (Å²) in [6, 6.07) is 14.1. The van der Waals surface area contributed by atoms with E-state index in [-0.39, 0.29) is 4.90 Å². The summed E-state index contributed by atoms with van der Waals surface area (Å²) in [5.41, 5.74) is 2.06. The van der Waals surface area contributed by atoms with Crippen LogP contribution in [0.5, 0.6) is 0 Å². The highest BCUT2D eigenvalue weighted by atomic mass is 32.2. The van der Waals surface area contributed by atoms with Crippen molar-refractivity contribution in [3.63, 3.8) is 0 Å². The van der Waals surface area contributed by atoms with Gasteiger partial charge < -0.3 is 9.32 Å². The number of nitro benzene ring substituents is 1. The number of anilines is 1. The molecule has 31 heavy (non-hydrogen) atoms. The second-order valence-corrected chi connectivity index (χ2v) is 9.42. The first-order chi connectivity index (χ1) is 14.8. The number of rotatable bonds is 6. The van der Waals surface area contributed by atoms with Crippen LogP contribution in [0, 0.1) is 10.1 Å². The quantitative estimate of drug-likeness (QED) is 0.423. The lowest BCUT2D eigenvalue weighted by Crippen LogP contribution is -2.46. The van der Waals surface area contributed by atoms with E-state index in [2.05, 4.69) is 9.88 Å². The predicted molar refractivity (Wildman–Crippen MR) is 116 cm³/mol. The average Bonchev–Trinajstić information content (AvgIpc) is 3.22. The van der Waals surface area contributed by atoms with E-state index in [0.717, 1.165) is 30.6 Å². The van der Waals surface area contributed by atoms with Crippen molar-refractivity contribution in [3.05, 3.63) is 70.8 Å². The van der Waals surface area contributed by atoms with Gasteiger partial charge in [0.2, 0.25) is 5.89 Å². The molecule has 2 heterocycles. The summed E-state index contributed by atoms with van der Waals surface area (Å²) in [4.78, 5) is 19.0. The van der Waals surface area contributed by atoms with Crippen LogP contribution in [0.15, 0.2) is 64.1 Å². The van der Waals surface area contributed by atoms with Gasteiger partial charge in [-0.15, -0.1) is 0 Å². The van der Waals surface area contributed by atoms with Gasteiger partial charge in [-0.3, -0.25) is 15.0 Å². The Morgan fingerprint density at radius 2 is 1.81 bits per heavy atom. The van der Waals surface area contributed by atoms with Gasteiger partial charge in [-0.1, -0.05) is 30.3 Å². The second kappa shape index (κ2) is 8.48. The summed E-state index contributed by atoms with van der Waals surface area (Å²) in [5, 5.41) is 11.2. The molecule has 0 N–H and O–H groups in total. The van der Waals surface area contributed by atoms with Crippen molar-refractivity contribution >= 4 is 21.2 Å². The molecule has 1 aromatic heterocycles. The first kappa shape index (κ1) is 21.0. The van der Waals surface area contributed by atoms with Crippen molar-refractivity contribution in [2.75, 3.05) is 37.3 Å². The summed E-state index contributed by atoms with van der Waals surface area (Å²) in [6.07, 6.45) is 2.64. The Bertz CT molecular complexity index is 1190. The van der Waals surface area contributed by atoms with Crippen LogP contribution in [0.1, 0.15) is 5.89 Å². The molecule has 0 spiro atoms. The summed E-state index contributed by atoms with van der Waals surface area (Å²) >= 11 is 0. The van der Waals surface area contributed by atoms with Crippen LogP contribution in [0.4, 0.5) is 11.4 Å². The molecular formula is C21H22N4O5S. The molecule has 0 atom stereocenters. The zero-order valence-electron chi connectivity index (χ0n) is 17.0. The smallest absolute Gasteiger partial charge is 0.288 e. The lowest BCUT2D eigenvalue weighted by Gasteiger charge is -2.35. The summed E-state index contributed by atoms with van der Waals surface area (Å²) in [5.74, 6) is 0.641. The maximum atomic E-state index is 12.0. The zero-order valence-corrected chi connectivity index (χ0v) is 17.8. The molecule has 0 radical (unpaired) electrons. The minimum absolute atomic E-state index is 0.259. The third kappa shape index (κ3) is 4.75. The molecule has 162 valence electrons. The van der Waals surface area contributed by atoms with E-state index in [1.54, 1.807) is 12.3 Å². The van der Waals surface area contributed by atoms with Crippen LogP contribution in [-0.4, -0.2) is 55.7 Å². The number of nitro groups is 1. The van der Waals surface area contributed by atoms with E-state index >= 15 is 0 Å². The van der Waals surface area contributed by atoms with Gasteiger partial charge in [-0.05, 0) is 12.1 Å². The molecule has 0 aliphatic carbocycles. The normalized spacial score (nSPS) is 15.2. The van der Waals surface area contributed by atoms with Crippen LogP contribution in [0.2, 0.25) is 0 Å². The van der Waals surface area contributed by atoms with Gasteiger partial charge in [-0.25, -0.2) is 13.4 Å². The highest BCUT2D eigenvalue weighted by Gasteiger charge is 2.25. The van der Waals surface area contributed by atoms with E-state index in [9.17, 15) is 18.5 Å². The Labute approximate surface area is 180 Å². The lowest BCUT2D eigenvalue weighted by molar-refractivity contribution is -0.387. The lowest BCUT2D eigenvalue weighted by atomic mass is 10.2. The minimum atomic E-state index is -3.71. The molecule has 1 aliphatic rings.